The van der Waals surface area contributed by atoms with Crippen LogP contribution in [0.2, 0.25) is 0 Å². The Morgan fingerprint density at radius 2 is 1.95 bits per heavy atom. The molecule has 0 saturated heterocycles. The average Bonchev–Trinajstić information content (AvgIpc) is 3.63. The number of nitriles is 1. The van der Waals surface area contributed by atoms with Gasteiger partial charge in [-0.1, -0.05) is 12.1 Å². The van der Waals surface area contributed by atoms with Crippen molar-refractivity contribution in [3.8, 4) is 22.9 Å². The molecular formula is C31H26N4O5. The molecule has 5 rings (SSSR count). The molecule has 0 radical (unpaired) electrons. The molecule has 2 N–H and O–H groups in total. The van der Waals surface area contributed by atoms with E-state index in [0.717, 1.165) is 28.6 Å². The molecule has 0 atom stereocenters. The number of fused-ring (bicyclic) bond motifs is 1. The summed E-state index contributed by atoms with van der Waals surface area (Å²) >= 11 is 0. The summed E-state index contributed by atoms with van der Waals surface area (Å²) in [4.78, 5) is 29.3. The van der Waals surface area contributed by atoms with Crippen LogP contribution in [0.25, 0.3) is 22.0 Å². The molecule has 5 aromatic rings. The molecule has 2 heterocycles. The monoisotopic (exact) mass is 534 g/mol. The number of aromatic carboxylic acids is 1. The number of nitrogens with one attached hydrogen (secondary N) is 1. The second-order valence-corrected chi connectivity index (χ2v) is 9.16. The number of nitrogens with zero attached hydrogens (tertiary/aromatic N) is 3. The number of methoxy groups -OCH3 is 1. The number of rotatable bonds is 9. The van der Waals surface area contributed by atoms with E-state index in [2.05, 4.69) is 27.1 Å². The molecular weight excluding hydrogens is 508 g/mol. The van der Waals surface area contributed by atoms with E-state index >= 15 is 0 Å². The van der Waals surface area contributed by atoms with Gasteiger partial charge in [-0.25, -0.2) is 9.78 Å². The number of amides is 1. The van der Waals surface area contributed by atoms with Crippen molar-refractivity contribution in [2.45, 2.75) is 26.4 Å². The van der Waals surface area contributed by atoms with Crippen LogP contribution in [0.1, 0.15) is 50.2 Å². The van der Waals surface area contributed by atoms with Crippen LogP contribution in [0.15, 0.2) is 77.7 Å². The molecule has 0 spiro atoms. The predicted octanol–water partition coefficient (Wildman–Crippen LogP) is 5.42. The first-order chi connectivity index (χ1) is 19.4. The number of carbonyl (C=O) groups is 2. The molecule has 0 aliphatic heterocycles. The van der Waals surface area contributed by atoms with Crippen LogP contribution in [-0.2, 0) is 19.5 Å². The topological polar surface area (TPSA) is 130 Å². The molecule has 0 saturated carbocycles. The Kier molecular flexibility index (Phi) is 7.33. The normalized spacial score (nSPS) is 10.8. The number of ether oxygens (including phenoxy) is 1. The van der Waals surface area contributed by atoms with Gasteiger partial charge in [-0.15, -0.1) is 0 Å². The fraction of sp³-hybridized carbons (Fsp3) is 0.161. The zero-order chi connectivity index (χ0) is 28.2. The van der Waals surface area contributed by atoms with Crippen LogP contribution in [0.3, 0.4) is 0 Å². The van der Waals surface area contributed by atoms with Gasteiger partial charge in [0.05, 0.1) is 37.0 Å². The Labute approximate surface area is 230 Å². The Bertz CT molecular complexity index is 1760. The maximum atomic E-state index is 13.0. The van der Waals surface area contributed by atoms with E-state index in [4.69, 9.17) is 9.15 Å². The first-order valence-electron chi connectivity index (χ1n) is 12.6. The van der Waals surface area contributed by atoms with Crippen molar-refractivity contribution in [1.82, 2.24) is 14.9 Å². The lowest BCUT2D eigenvalue weighted by Crippen LogP contribution is -2.23. The van der Waals surface area contributed by atoms with Gasteiger partial charge in [0.2, 0.25) is 5.89 Å². The molecule has 0 bridgehead atoms. The number of carboxylic acids is 1. The van der Waals surface area contributed by atoms with Crippen LogP contribution >= 0.6 is 0 Å². The minimum Gasteiger partial charge on any atom is -0.497 e. The fourth-order valence-corrected chi connectivity index (χ4v) is 4.83. The molecule has 40 heavy (non-hydrogen) atoms. The number of oxazole rings is 1. The van der Waals surface area contributed by atoms with Crippen LogP contribution in [0.5, 0.6) is 5.75 Å². The molecule has 0 aliphatic rings. The van der Waals surface area contributed by atoms with Gasteiger partial charge < -0.3 is 24.1 Å². The molecule has 9 heteroatoms. The summed E-state index contributed by atoms with van der Waals surface area (Å²) in [7, 11) is 1.48. The van der Waals surface area contributed by atoms with Crippen LogP contribution in [0, 0.1) is 11.3 Å². The highest BCUT2D eigenvalue weighted by Gasteiger charge is 2.20. The number of hydrogen-bond acceptors (Lipinski definition) is 6. The molecule has 3 aromatic carbocycles. The Hall–Kier alpha value is -5.36. The van der Waals surface area contributed by atoms with E-state index in [-0.39, 0.29) is 18.0 Å². The van der Waals surface area contributed by atoms with E-state index in [9.17, 15) is 20.0 Å². The molecule has 0 unspecified atom stereocenters. The first kappa shape index (κ1) is 26.3. The van der Waals surface area contributed by atoms with Crippen molar-refractivity contribution in [2.24, 2.45) is 0 Å². The summed E-state index contributed by atoms with van der Waals surface area (Å²) in [5.41, 5.74) is 4.92. The van der Waals surface area contributed by atoms with Crippen molar-refractivity contribution >= 4 is 22.8 Å². The minimum atomic E-state index is -1.11. The van der Waals surface area contributed by atoms with E-state index in [1.807, 2.05) is 25.1 Å². The summed E-state index contributed by atoms with van der Waals surface area (Å²) in [6.07, 6.45) is 5.47. The number of carbonyl (C=O) groups excluding carboxylic acids is 1. The SMILES string of the molecule is CCn1cc(Cc2ccc(C(=O)NCc3ncco3)cc2-c2ccc(OC)cc2C(=O)O)c2ccc(C#N)cc21. The number of hydrogen-bond donors (Lipinski definition) is 2. The summed E-state index contributed by atoms with van der Waals surface area (Å²) < 4.78 is 12.6. The molecule has 2 aromatic heterocycles. The van der Waals surface area contributed by atoms with Gasteiger partial charge in [0.25, 0.3) is 5.91 Å². The van der Waals surface area contributed by atoms with Gasteiger partial charge in [0, 0.05) is 35.6 Å². The van der Waals surface area contributed by atoms with Crippen molar-refractivity contribution in [3.05, 3.63) is 107 Å². The van der Waals surface area contributed by atoms with Gasteiger partial charge in [0.15, 0.2) is 0 Å². The standard InChI is InChI=1S/C31H26N4O5/c1-3-35-18-22(24-8-4-19(16-32)12-28(24)35)13-20-5-6-21(30(36)34-17-29-33-10-11-40-29)14-26(20)25-9-7-23(39-2)15-27(25)31(37)38/h4-12,14-15,18H,3,13,17H2,1-2H3,(H,34,36)(H,37,38). The van der Waals surface area contributed by atoms with E-state index in [1.165, 1.54) is 25.6 Å². The van der Waals surface area contributed by atoms with Crippen molar-refractivity contribution in [3.63, 3.8) is 0 Å². The second-order valence-electron chi connectivity index (χ2n) is 9.16. The van der Waals surface area contributed by atoms with Crippen molar-refractivity contribution < 1.29 is 23.8 Å². The molecule has 9 nitrogen and oxygen atoms in total. The lowest BCUT2D eigenvalue weighted by molar-refractivity contribution is 0.0697. The van der Waals surface area contributed by atoms with Gasteiger partial charge in [0.1, 0.15) is 12.0 Å². The smallest absolute Gasteiger partial charge is 0.336 e. The van der Waals surface area contributed by atoms with Crippen LogP contribution in [-0.4, -0.2) is 33.6 Å². The zero-order valence-electron chi connectivity index (χ0n) is 22.0. The Balaban J connectivity index is 1.61. The maximum Gasteiger partial charge on any atom is 0.336 e. The summed E-state index contributed by atoms with van der Waals surface area (Å²) in [5, 5.41) is 23.2. The summed E-state index contributed by atoms with van der Waals surface area (Å²) in [6.45, 7) is 2.88. The fourth-order valence-electron chi connectivity index (χ4n) is 4.83. The van der Waals surface area contributed by atoms with Gasteiger partial charge in [-0.2, -0.15) is 5.26 Å². The van der Waals surface area contributed by atoms with E-state index < -0.39 is 5.97 Å². The largest absolute Gasteiger partial charge is 0.497 e. The lowest BCUT2D eigenvalue weighted by atomic mass is 9.90. The minimum absolute atomic E-state index is 0.0626. The molecule has 1 amide bonds. The Morgan fingerprint density at radius 3 is 2.65 bits per heavy atom. The highest BCUT2D eigenvalue weighted by Crippen LogP contribution is 2.34. The number of benzene rings is 3. The van der Waals surface area contributed by atoms with Crippen LogP contribution in [0.4, 0.5) is 0 Å². The quantitative estimate of drug-likeness (QED) is 0.258. The average molecular weight is 535 g/mol. The third-order valence-corrected chi connectivity index (χ3v) is 6.82. The van der Waals surface area contributed by atoms with Gasteiger partial charge in [-0.05, 0) is 71.6 Å². The Morgan fingerprint density at radius 1 is 1.10 bits per heavy atom. The van der Waals surface area contributed by atoms with Gasteiger partial charge >= 0.3 is 5.97 Å². The third-order valence-electron chi connectivity index (χ3n) is 6.82. The highest BCUT2D eigenvalue weighted by atomic mass is 16.5. The summed E-state index contributed by atoms with van der Waals surface area (Å²) in [6, 6.07) is 18.0. The van der Waals surface area contributed by atoms with E-state index in [1.54, 1.807) is 30.3 Å². The zero-order valence-corrected chi connectivity index (χ0v) is 22.0. The highest BCUT2D eigenvalue weighted by molar-refractivity contribution is 6.00. The number of aryl methyl sites for hydroxylation is 1. The van der Waals surface area contributed by atoms with Gasteiger partial charge in [-0.3, -0.25) is 4.79 Å². The van der Waals surface area contributed by atoms with E-state index in [0.29, 0.717) is 40.3 Å². The molecule has 0 aliphatic carbocycles. The number of aromatic nitrogens is 2. The van der Waals surface area contributed by atoms with Crippen molar-refractivity contribution in [1.29, 1.82) is 5.26 Å². The number of carboxylic acid groups (broad SMARTS) is 1. The van der Waals surface area contributed by atoms with Crippen LogP contribution < -0.4 is 10.1 Å². The molecule has 200 valence electrons. The molecule has 0 fully saturated rings. The second kappa shape index (κ2) is 11.2. The maximum absolute atomic E-state index is 13.0. The first-order valence-corrected chi connectivity index (χ1v) is 12.6. The lowest BCUT2D eigenvalue weighted by Gasteiger charge is -2.15. The third kappa shape index (κ3) is 5.15. The predicted molar refractivity (Wildman–Crippen MR) is 148 cm³/mol. The van der Waals surface area contributed by atoms with Crippen molar-refractivity contribution in [2.75, 3.05) is 7.11 Å². The summed E-state index contributed by atoms with van der Waals surface area (Å²) in [5.74, 6) is -0.657.